The molecule has 0 spiro atoms. The number of methoxy groups -OCH3 is 1. The summed E-state index contributed by atoms with van der Waals surface area (Å²) in [5.74, 6) is -0.126. The van der Waals surface area contributed by atoms with E-state index < -0.39 is 5.91 Å². The molecule has 0 aromatic heterocycles. The van der Waals surface area contributed by atoms with Gasteiger partial charge < -0.3 is 9.84 Å². The van der Waals surface area contributed by atoms with Gasteiger partial charge in [-0.1, -0.05) is 23.7 Å². The fourth-order valence-corrected chi connectivity index (χ4v) is 3.27. The van der Waals surface area contributed by atoms with Gasteiger partial charge in [-0.3, -0.25) is 9.59 Å². The Morgan fingerprint density at radius 2 is 2.00 bits per heavy atom. The average Bonchev–Trinajstić information content (AvgIpc) is 2.83. The van der Waals surface area contributed by atoms with Crippen LogP contribution in [0.3, 0.4) is 0 Å². The highest BCUT2D eigenvalue weighted by Crippen LogP contribution is 2.37. The number of carbonyl (C=O) groups excluding carboxylic acids is 2. The Kier molecular flexibility index (Phi) is 4.51. The summed E-state index contributed by atoms with van der Waals surface area (Å²) in [5, 5.41) is 9.67. The quantitative estimate of drug-likeness (QED) is 0.826. The van der Waals surface area contributed by atoms with Gasteiger partial charge in [0.1, 0.15) is 0 Å². The van der Waals surface area contributed by atoms with Gasteiger partial charge in [-0.15, -0.1) is 0 Å². The van der Waals surface area contributed by atoms with Gasteiger partial charge in [0.2, 0.25) is 0 Å². The minimum Gasteiger partial charge on any atom is -0.504 e. The van der Waals surface area contributed by atoms with E-state index in [1.165, 1.54) is 13.2 Å². The molecule has 0 unspecified atom stereocenters. The molecule has 7 heteroatoms. The predicted molar refractivity (Wildman–Crippen MR) is 94.6 cm³/mol. The minimum atomic E-state index is -0.417. The molecule has 2 aromatic carbocycles. The third kappa shape index (κ3) is 3.11. The van der Waals surface area contributed by atoms with E-state index in [-0.39, 0.29) is 21.6 Å². The molecule has 1 heterocycles. The highest BCUT2D eigenvalue weighted by molar-refractivity contribution is 8.19. The Labute approximate surface area is 147 Å². The number of halogens is 1. The molecular weight excluding hydrogens is 350 g/mol. The zero-order valence-electron chi connectivity index (χ0n) is 12.5. The number of thioether (sulfide) groups is 1. The maximum atomic E-state index is 12.5. The van der Waals surface area contributed by atoms with Crippen LogP contribution in [0.2, 0.25) is 5.02 Å². The van der Waals surface area contributed by atoms with Gasteiger partial charge in [-0.25, -0.2) is 4.90 Å². The maximum absolute atomic E-state index is 12.5. The van der Waals surface area contributed by atoms with E-state index in [1.807, 2.05) is 0 Å². The van der Waals surface area contributed by atoms with Crippen LogP contribution in [0.5, 0.6) is 11.5 Å². The topological polar surface area (TPSA) is 66.8 Å². The van der Waals surface area contributed by atoms with E-state index in [0.29, 0.717) is 16.3 Å². The lowest BCUT2D eigenvalue weighted by atomic mass is 10.2. The van der Waals surface area contributed by atoms with Gasteiger partial charge >= 0.3 is 0 Å². The Balaban J connectivity index is 1.94. The molecule has 0 bridgehead atoms. The molecular formula is C17H12ClNO4S. The van der Waals surface area contributed by atoms with Crippen LogP contribution in [0.1, 0.15) is 5.56 Å². The van der Waals surface area contributed by atoms with Crippen molar-refractivity contribution in [1.82, 2.24) is 0 Å². The first kappa shape index (κ1) is 16.4. The second kappa shape index (κ2) is 6.59. The first-order valence-corrected chi connectivity index (χ1v) is 8.09. The number of anilines is 1. The van der Waals surface area contributed by atoms with Crippen LogP contribution >= 0.6 is 23.4 Å². The number of hydrogen-bond acceptors (Lipinski definition) is 5. The number of aromatic hydroxyl groups is 1. The van der Waals surface area contributed by atoms with Crippen molar-refractivity contribution in [2.24, 2.45) is 0 Å². The molecule has 0 radical (unpaired) electrons. The molecule has 2 aromatic rings. The number of amides is 2. The van der Waals surface area contributed by atoms with Crippen molar-refractivity contribution in [3.8, 4) is 11.5 Å². The van der Waals surface area contributed by atoms with Crippen LogP contribution in [0.25, 0.3) is 6.08 Å². The molecule has 0 atom stereocenters. The lowest BCUT2D eigenvalue weighted by Gasteiger charge is -2.12. The number of hydrogen-bond donors (Lipinski definition) is 1. The Morgan fingerprint density at radius 1 is 1.21 bits per heavy atom. The third-order valence-corrected chi connectivity index (χ3v) is 4.47. The summed E-state index contributed by atoms with van der Waals surface area (Å²) in [6, 6.07) is 11.2. The first-order chi connectivity index (χ1) is 11.5. The molecule has 1 N–H and O–H groups in total. The number of imide groups is 1. The summed E-state index contributed by atoms with van der Waals surface area (Å²) >= 11 is 6.77. The maximum Gasteiger partial charge on any atom is 0.298 e. The van der Waals surface area contributed by atoms with Gasteiger partial charge in [0.15, 0.2) is 11.5 Å². The van der Waals surface area contributed by atoms with Crippen LogP contribution in [-0.4, -0.2) is 23.4 Å². The van der Waals surface area contributed by atoms with E-state index >= 15 is 0 Å². The highest BCUT2D eigenvalue weighted by atomic mass is 35.5. The second-order valence-electron chi connectivity index (χ2n) is 4.93. The molecule has 0 saturated carbocycles. The van der Waals surface area contributed by atoms with Gasteiger partial charge in [0, 0.05) is 5.02 Å². The summed E-state index contributed by atoms with van der Waals surface area (Å²) in [6.45, 7) is 0. The monoisotopic (exact) mass is 361 g/mol. The van der Waals surface area contributed by atoms with Crippen molar-refractivity contribution in [2.75, 3.05) is 12.0 Å². The summed E-state index contributed by atoms with van der Waals surface area (Å²) in [6.07, 6.45) is 1.58. The Morgan fingerprint density at radius 3 is 2.71 bits per heavy atom. The zero-order chi connectivity index (χ0) is 17.3. The van der Waals surface area contributed by atoms with E-state index in [9.17, 15) is 14.7 Å². The molecule has 1 aliphatic rings. The standard InChI is InChI=1S/C17H12ClNO4S/c1-23-14-7-10(5-6-13(14)20)8-15-16(21)19(17(22)24-15)12-4-2-3-11(18)9-12/h2-9,20H,1H3/b15-8+. The molecule has 1 fully saturated rings. The van der Waals surface area contributed by atoms with Crippen LogP contribution in [-0.2, 0) is 4.79 Å². The Hall–Kier alpha value is -2.44. The van der Waals surface area contributed by atoms with Crippen molar-refractivity contribution in [3.05, 3.63) is 58.0 Å². The summed E-state index contributed by atoms with van der Waals surface area (Å²) in [4.78, 5) is 26.1. The summed E-state index contributed by atoms with van der Waals surface area (Å²) in [5.41, 5.74) is 1.07. The molecule has 5 nitrogen and oxygen atoms in total. The smallest absolute Gasteiger partial charge is 0.298 e. The number of phenolic OH excluding ortho intramolecular Hbond substituents is 1. The third-order valence-electron chi connectivity index (χ3n) is 3.36. The van der Waals surface area contributed by atoms with E-state index in [4.69, 9.17) is 16.3 Å². The van der Waals surface area contributed by atoms with Gasteiger partial charge in [-0.2, -0.15) is 0 Å². The number of ether oxygens (including phenoxy) is 1. The zero-order valence-corrected chi connectivity index (χ0v) is 14.1. The SMILES string of the molecule is COc1cc(/C=C2/SC(=O)N(c3cccc(Cl)c3)C2=O)ccc1O. The van der Waals surface area contributed by atoms with Gasteiger partial charge in [0.05, 0.1) is 17.7 Å². The number of benzene rings is 2. The minimum absolute atomic E-state index is 0.00156. The van der Waals surface area contributed by atoms with Crippen molar-refractivity contribution >= 4 is 46.3 Å². The van der Waals surface area contributed by atoms with Crippen molar-refractivity contribution < 1.29 is 19.4 Å². The largest absolute Gasteiger partial charge is 0.504 e. The molecule has 24 heavy (non-hydrogen) atoms. The number of carbonyl (C=O) groups is 2. The normalized spacial score (nSPS) is 16.1. The predicted octanol–water partition coefficient (Wildman–Crippen LogP) is 4.30. The van der Waals surface area contributed by atoms with E-state index in [2.05, 4.69) is 0 Å². The van der Waals surface area contributed by atoms with E-state index in [1.54, 1.807) is 42.5 Å². The lowest BCUT2D eigenvalue weighted by molar-refractivity contribution is -0.113. The number of rotatable bonds is 3. The highest BCUT2D eigenvalue weighted by Gasteiger charge is 2.36. The average molecular weight is 362 g/mol. The first-order valence-electron chi connectivity index (χ1n) is 6.90. The Bertz CT molecular complexity index is 865. The number of nitrogens with zero attached hydrogens (tertiary/aromatic N) is 1. The summed E-state index contributed by atoms with van der Waals surface area (Å²) in [7, 11) is 1.44. The van der Waals surface area contributed by atoms with Gasteiger partial charge in [-0.05, 0) is 53.7 Å². The molecule has 122 valence electrons. The molecule has 1 saturated heterocycles. The van der Waals surface area contributed by atoms with Crippen molar-refractivity contribution in [3.63, 3.8) is 0 Å². The molecule has 1 aliphatic heterocycles. The van der Waals surface area contributed by atoms with Crippen LogP contribution in [0.15, 0.2) is 47.4 Å². The fraction of sp³-hybridized carbons (Fsp3) is 0.0588. The fourth-order valence-electron chi connectivity index (χ4n) is 2.24. The van der Waals surface area contributed by atoms with Crippen molar-refractivity contribution in [1.29, 1.82) is 0 Å². The van der Waals surface area contributed by atoms with E-state index in [0.717, 1.165) is 16.7 Å². The summed E-state index contributed by atoms with van der Waals surface area (Å²) < 4.78 is 5.04. The van der Waals surface area contributed by atoms with Crippen molar-refractivity contribution in [2.45, 2.75) is 0 Å². The molecule has 3 rings (SSSR count). The van der Waals surface area contributed by atoms with Crippen LogP contribution in [0, 0.1) is 0 Å². The molecule has 0 aliphatic carbocycles. The molecule has 2 amide bonds. The number of phenols is 1. The second-order valence-corrected chi connectivity index (χ2v) is 6.36. The lowest BCUT2D eigenvalue weighted by Crippen LogP contribution is -2.27. The van der Waals surface area contributed by atoms with Crippen LogP contribution < -0.4 is 9.64 Å². The van der Waals surface area contributed by atoms with Gasteiger partial charge in [0.25, 0.3) is 11.1 Å². The van der Waals surface area contributed by atoms with Crippen LogP contribution in [0.4, 0.5) is 10.5 Å².